The van der Waals surface area contributed by atoms with Gasteiger partial charge in [0, 0.05) is 12.1 Å². The first-order valence-corrected chi connectivity index (χ1v) is 18.4. The van der Waals surface area contributed by atoms with Crippen LogP contribution in [0.2, 0.25) is 0 Å². The first kappa shape index (κ1) is 47.8. The summed E-state index contributed by atoms with van der Waals surface area (Å²) in [6.07, 6.45) is -3.29. The number of hydrogen-bond acceptors (Lipinski definition) is 14. The number of halogens is 3. The Kier molecular flexibility index (Phi) is 27.6. The molecule has 0 saturated heterocycles. The fourth-order valence-electron chi connectivity index (χ4n) is 4.32. The SMILES string of the molecule is CCCC(=O)OCCOCCOCCOCCOCCOCCOCCOCCOCCOCCOC(=O)c1ccccc1Nc1cccc(C(F)(F)F)c1. The van der Waals surface area contributed by atoms with Gasteiger partial charge in [0.15, 0.2) is 0 Å². The molecule has 0 atom stereocenters. The first-order valence-electron chi connectivity index (χ1n) is 18.4. The molecule has 0 aliphatic heterocycles. The minimum absolute atomic E-state index is 0.00640. The third kappa shape index (κ3) is 25.4. The van der Waals surface area contributed by atoms with Crippen molar-refractivity contribution < 1.29 is 74.9 Å². The van der Waals surface area contributed by atoms with Crippen LogP contribution in [0.4, 0.5) is 24.5 Å². The highest BCUT2D eigenvalue weighted by molar-refractivity contribution is 5.96. The lowest BCUT2D eigenvalue weighted by Gasteiger charge is -2.13. The van der Waals surface area contributed by atoms with Gasteiger partial charge in [0.2, 0.25) is 0 Å². The summed E-state index contributed by atoms with van der Waals surface area (Å²) in [4.78, 5) is 23.8. The average Bonchev–Trinajstić information content (AvgIpc) is 3.17. The van der Waals surface area contributed by atoms with Gasteiger partial charge in [0.25, 0.3) is 0 Å². The lowest BCUT2D eigenvalue weighted by atomic mass is 10.1. The maximum atomic E-state index is 13.0. The lowest BCUT2D eigenvalue weighted by Crippen LogP contribution is -2.16. The van der Waals surface area contributed by atoms with Crippen LogP contribution in [0.5, 0.6) is 0 Å². The van der Waals surface area contributed by atoms with Crippen LogP contribution in [0.1, 0.15) is 35.7 Å². The number of rotatable bonds is 35. The van der Waals surface area contributed by atoms with E-state index >= 15 is 0 Å². The van der Waals surface area contributed by atoms with E-state index in [1.54, 1.807) is 18.2 Å². The van der Waals surface area contributed by atoms with Gasteiger partial charge in [0.05, 0.1) is 136 Å². The molecular formula is C38H56F3NO13. The number of alkyl halides is 3. The number of anilines is 2. The summed E-state index contributed by atoms with van der Waals surface area (Å²) < 4.78 is 98.3. The predicted octanol–water partition coefficient (Wildman–Crippen LogP) is 5.10. The molecule has 2 aromatic rings. The average molecular weight is 792 g/mol. The molecule has 0 aliphatic carbocycles. The standard InChI is InChI=1S/C38H56F3NO13/c1-2-6-36(43)54-29-27-52-25-23-50-21-19-48-17-15-46-13-11-45-12-14-47-16-18-49-20-22-51-24-26-53-28-30-55-37(44)34-9-3-4-10-35(34)42-33-8-5-7-32(31-33)38(39,40)41/h3-5,7-10,31,42H,2,6,11-30H2,1H3. The van der Waals surface area contributed by atoms with E-state index in [0.29, 0.717) is 124 Å². The van der Waals surface area contributed by atoms with E-state index in [-0.39, 0.29) is 37.0 Å². The molecule has 0 fully saturated rings. The van der Waals surface area contributed by atoms with Crippen LogP contribution < -0.4 is 5.32 Å². The van der Waals surface area contributed by atoms with Crippen molar-refractivity contribution >= 4 is 23.3 Å². The maximum Gasteiger partial charge on any atom is 0.416 e. The first-order chi connectivity index (χ1) is 26.8. The lowest BCUT2D eigenvalue weighted by molar-refractivity contribution is -0.145. The molecule has 2 aromatic carbocycles. The second kappa shape index (κ2) is 31.8. The summed E-state index contributed by atoms with van der Waals surface area (Å²) >= 11 is 0. The quantitative estimate of drug-likeness (QED) is 0.0730. The third-order valence-corrected chi connectivity index (χ3v) is 7.00. The van der Waals surface area contributed by atoms with E-state index in [0.717, 1.165) is 18.6 Å². The van der Waals surface area contributed by atoms with Crippen molar-refractivity contribution in [3.63, 3.8) is 0 Å². The van der Waals surface area contributed by atoms with Crippen LogP contribution in [0.25, 0.3) is 0 Å². The summed E-state index contributed by atoms with van der Waals surface area (Å²) in [6, 6.07) is 11.1. The molecule has 0 spiro atoms. The van der Waals surface area contributed by atoms with Crippen LogP contribution in [0.3, 0.4) is 0 Å². The molecule has 17 heteroatoms. The van der Waals surface area contributed by atoms with Crippen LogP contribution in [0, 0.1) is 0 Å². The van der Waals surface area contributed by atoms with E-state index in [4.69, 9.17) is 52.1 Å². The molecule has 0 saturated carbocycles. The topological polar surface area (TPSA) is 148 Å². The number of esters is 2. The van der Waals surface area contributed by atoms with Crippen molar-refractivity contribution in [2.45, 2.75) is 25.9 Å². The molecule has 0 aliphatic rings. The highest BCUT2D eigenvalue weighted by Gasteiger charge is 2.30. The summed E-state index contributed by atoms with van der Waals surface area (Å²) in [5.41, 5.74) is -0.104. The molecule has 1 N–H and O–H groups in total. The highest BCUT2D eigenvalue weighted by Crippen LogP contribution is 2.32. The smallest absolute Gasteiger partial charge is 0.416 e. The van der Waals surface area contributed by atoms with Crippen LogP contribution in [-0.4, -0.2) is 144 Å². The van der Waals surface area contributed by atoms with E-state index in [1.165, 1.54) is 18.2 Å². The predicted molar refractivity (Wildman–Crippen MR) is 195 cm³/mol. The van der Waals surface area contributed by atoms with E-state index in [1.807, 2.05) is 6.92 Å². The number of carbonyl (C=O) groups is 2. The Balaban J connectivity index is 1.29. The van der Waals surface area contributed by atoms with Crippen molar-refractivity contribution in [1.29, 1.82) is 0 Å². The number of hydrogen-bond donors (Lipinski definition) is 1. The summed E-state index contributed by atoms with van der Waals surface area (Å²) in [7, 11) is 0. The molecule has 0 unspecified atom stereocenters. The Morgan fingerprint density at radius 3 is 1.35 bits per heavy atom. The zero-order valence-electron chi connectivity index (χ0n) is 31.6. The zero-order chi connectivity index (χ0) is 39.7. The molecule has 2 rings (SSSR count). The molecule has 0 heterocycles. The minimum atomic E-state index is -4.48. The number of benzene rings is 2. The van der Waals surface area contributed by atoms with Gasteiger partial charge in [0.1, 0.15) is 13.2 Å². The number of nitrogens with one attached hydrogen (secondary N) is 1. The number of para-hydroxylation sites is 1. The van der Waals surface area contributed by atoms with Gasteiger partial charge in [-0.1, -0.05) is 25.1 Å². The van der Waals surface area contributed by atoms with Crippen molar-refractivity contribution in [3.8, 4) is 0 Å². The molecular weight excluding hydrogens is 735 g/mol. The highest BCUT2D eigenvalue weighted by atomic mass is 19.4. The Hall–Kier alpha value is -3.39. The molecule has 0 bridgehead atoms. The number of carbonyl (C=O) groups excluding carboxylic acids is 2. The van der Waals surface area contributed by atoms with Gasteiger partial charge in [-0.05, 0) is 36.8 Å². The van der Waals surface area contributed by atoms with Gasteiger partial charge in [-0.25, -0.2) is 4.79 Å². The van der Waals surface area contributed by atoms with Crippen LogP contribution >= 0.6 is 0 Å². The molecule has 14 nitrogen and oxygen atoms in total. The minimum Gasteiger partial charge on any atom is -0.463 e. The second-order valence-electron chi connectivity index (χ2n) is 11.4. The molecule has 55 heavy (non-hydrogen) atoms. The van der Waals surface area contributed by atoms with Crippen molar-refractivity contribution in [1.82, 2.24) is 0 Å². The van der Waals surface area contributed by atoms with Gasteiger partial charge in [-0.2, -0.15) is 13.2 Å². The van der Waals surface area contributed by atoms with Crippen LogP contribution in [0.15, 0.2) is 48.5 Å². The molecule has 312 valence electrons. The van der Waals surface area contributed by atoms with Crippen LogP contribution in [-0.2, 0) is 63.1 Å². The zero-order valence-corrected chi connectivity index (χ0v) is 31.6. The monoisotopic (exact) mass is 791 g/mol. The Morgan fingerprint density at radius 2 is 0.927 bits per heavy atom. The molecule has 0 amide bonds. The Bertz CT molecular complexity index is 1270. The molecule has 0 radical (unpaired) electrons. The maximum absolute atomic E-state index is 13.0. The fraction of sp³-hybridized carbons (Fsp3) is 0.632. The fourth-order valence-corrected chi connectivity index (χ4v) is 4.32. The van der Waals surface area contributed by atoms with Crippen molar-refractivity contribution in [3.05, 3.63) is 59.7 Å². The summed E-state index contributed by atoms with van der Waals surface area (Å²) in [5.74, 6) is -0.837. The van der Waals surface area contributed by atoms with Gasteiger partial charge in [-0.3, -0.25) is 4.79 Å². The summed E-state index contributed by atoms with van der Waals surface area (Å²) in [6.45, 7) is 9.43. The third-order valence-electron chi connectivity index (χ3n) is 7.00. The van der Waals surface area contributed by atoms with Crippen molar-refractivity contribution in [2.24, 2.45) is 0 Å². The molecule has 0 aromatic heterocycles. The van der Waals surface area contributed by atoms with Gasteiger partial charge >= 0.3 is 18.1 Å². The summed E-state index contributed by atoms with van der Waals surface area (Å²) in [5, 5.41) is 2.86. The largest absolute Gasteiger partial charge is 0.463 e. The van der Waals surface area contributed by atoms with E-state index < -0.39 is 17.7 Å². The second-order valence-corrected chi connectivity index (χ2v) is 11.4. The van der Waals surface area contributed by atoms with E-state index in [2.05, 4.69) is 5.32 Å². The van der Waals surface area contributed by atoms with Crippen molar-refractivity contribution in [2.75, 3.05) is 137 Å². The Labute approximate surface area is 321 Å². The van der Waals surface area contributed by atoms with Gasteiger partial charge < -0.3 is 57.4 Å². The normalized spacial score (nSPS) is 11.5. The van der Waals surface area contributed by atoms with E-state index in [9.17, 15) is 22.8 Å². The Morgan fingerprint density at radius 1 is 0.527 bits per heavy atom. The number of ether oxygens (including phenoxy) is 11. The van der Waals surface area contributed by atoms with Gasteiger partial charge in [-0.15, -0.1) is 0 Å².